The zero-order valence-electron chi connectivity index (χ0n) is 9.69. The van der Waals surface area contributed by atoms with Crippen molar-refractivity contribution in [2.24, 2.45) is 5.92 Å². The van der Waals surface area contributed by atoms with Crippen molar-refractivity contribution >= 4 is 0 Å². The summed E-state index contributed by atoms with van der Waals surface area (Å²) in [5.41, 5.74) is 0. The van der Waals surface area contributed by atoms with Crippen molar-refractivity contribution in [1.29, 1.82) is 0 Å². The fourth-order valence-corrected chi connectivity index (χ4v) is 1.61. The quantitative estimate of drug-likeness (QED) is 0.420. The molecule has 1 nitrogen and oxygen atoms in total. The molecule has 1 N–H and O–H groups in total. The van der Waals surface area contributed by atoms with Gasteiger partial charge in [-0.3, -0.25) is 0 Å². The molecule has 0 fully saturated rings. The summed E-state index contributed by atoms with van der Waals surface area (Å²) >= 11 is 0. The second kappa shape index (κ2) is 7.01. The molecule has 0 saturated carbocycles. The van der Waals surface area contributed by atoms with Crippen molar-refractivity contribution in [2.75, 3.05) is 0 Å². The molecule has 0 aromatic heterocycles. The smallest absolute Gasteiger partial charge is 0.392 e. The maximum Gasteiger partial charge on any atom is 0.403 e. The van der Waals surface area contributed by atoms with Gasteiger partial charge in [-0.05, 0) is 19.3 Å². The van der Waals surface area contributed by atoms with E-state index in [9.17, 15) is 26.3 Å². The number of hydrogen-bond acceptors (Lipinski definition) is 1. The lowest BCUT2D eigenvalue weighted by Crippen LogP contribution is -2.44. The van der Waals surface area contributed by atoms with Crippen LogP contribution in [0.4, 0.5) is 26.3 Å². The van der Waals surface area contributed by atoms with Gasteiger partial charge in [0.2, 0.25) is 0 Å². The van der Waals surface area contributed by atoms with Crippen LogP contribution >= 0.6 is 0 Å². The third kappa shape index (κ3) is 6.28. The first-order chi connectivity index (χ1) is 8.10. The summed E-state index contributed by atoms with van der Waals surface area (Å²) in [7, 11) is 0. The zero-order chi connectivity index (χ0) is 14.4. The maximum atomic E-state index is 12.2. The Morgan fingerprint density at radius 2 is 1.44 bits per heavy atom. The van der Waals surface area contributed by atoms with Crippen LogP contribution in [0.2, 0.25) is 0 Å². The molecular weight excluding hydrogens is 262 g/mol. The summed E-state index contributed by atoms with van der Waals surface area (Å²) in [5, 5.41) is 9.08. The van der Waals surface area contributed by atoms with E-state index in [1.54, 1.807) is 6.08 Å². The average Bonchev–Trinajstić information content (AvgIpc) is 2.12. The molecule has 0 amide bonds. The standard InChI is InChI=1S/C11H16F6O/c1-2-3-4-5-6-7-8(18)9(10(12,13)14)11(15,16)17/h2,8-9,18H,1,3-7H2. The lowest BCUT2D eigenvalue weighted by Gasteiger charge is -2.27. The third-order valence-electron chi connectivity index (χ3n) is 2.50. The summed E-state index contributed by atoms with van der Waals surface area (Å²) in [6.45, 7) is 3.44. The Bertz CT molecular complexity index is 231. The second-order valence-electron chi connectivity index (χ2n) is 4.05. The topological polar surface area (TPSA) is 20.2 Å². The van der Waals surface area contributed by atoms with Crippen LogP contribution in [-0.2, 0) is 0 Å². The minimum atomic E-state index is -5.47. The highest BCUT2D eigenvalue weighted by Gasteiger charge is 2.59. The Kier molecular flexibility index (Phi) is 6.73. The highest BCUT2D eigenvalue weighted by molar-refractivity contribution is 4.82. The fraction of sp³-hybridized carbons (Fsp3) is 0.818. The first-order valence-electron chi connectivity index (χ1n) is 5.53. The number of alkyl halides is 6. The van der Waals surface area contributed by atoms with Crippen molar-refractivity contribution in [1.82, 2.24) is 0 Å². The molecule has 0 bridgehead atoms. The summed E-state index contributed by atoms with van der Waals surface area (Å²) < 4.78 is 73.2. The number of aliphatic hydroxyl groups excluding tert-OH is 1. The summed E-state index contributed by atoms with van der Waals surface area (Å²) in [5.74, 6) is -3.66. The van der Waals surface area contributed by atoms with Gasteiger partial charge in [-0.15, -0.1) is 6.58 Å². The minimum Gasteiger partial charge on any atom is -0.392 e. The summed E-state index contributed by atoms with van der Waals surface area (Å²) in [6, 6.07) is 0. The van der Waals surface area contributed by atoms with Crippen molar-refractivity contribution in [2.45, 2.75) is 50.6 Å². The van der Waals surface area contributed by atoms with Crippen LogP contribution in [0.3, 0.4) is 0 Å². The zero-order valence-corrected chi connectivity index (χ0v) is 9.69. The van der Waals surface area contributed by atoms with Crippen LogP contribution in [0, 0.1) is 5.92 Å². The van der Waals surface area contributed by atoms with Crippen molar-refractivity contribution in [3.05, 3.63) is 12.7 Å². The third-order valence-corrected chi connectivity index (χ3v) is 2.50. The number of aliphatic hydroxyl groups is 1. The van der Waals surface area contributed by atoms with E-state index >= 15 is 0 Å². The van der Waals surface area contributed by atoms with E-state index in [0.29, 0.717) is 19.3 Å². The van der Waals surface area contributed by atoms with Gasteiger partial charge in [-0.1, -0.05) is 18.9 Å². The monoisotopic (exact) mass is 278 g/mol. The van der Waals surface area contributed by atoms with Crippen LogP contribution < -0.4 is 0 Å². The molecule has 18 heavy (non-hydrogen) atoms. The molecule has 0 spiro atoms. The Balaban J connectivity index is 4.33. The SMILES string of the molecule is C=CCCCCCC(O)C(C(F)(F)F)C(F)(F)F. The molecular formula is C11H16F6O. The first-order valence-corrected chi connectivity index (χ1v) is 5.53. The van der Waals surface area contributed by atoms with E-state index < -0.39 is 30.8 Å². The number of rotatable bonds is 7. The van der Waals surface area contributed by atoms with Crippen molar-refractivity contribution in [3.63, 3.8) is 0 Å². The number of halogens is 6. The van der Waals surface area contributed by atoms with Gasteiger partial charge < -0.3 is 5.11 Å². The Morgan fingerprint density at radius 1 is 0.944 bits per heavy atom. The van der Waals surface area contributed by atoms with E-state index in [1.165, 1.54) is 0 Å². The van der Waals surface area contributed by atoms with Crippen LogP contribution in [0.1, 0.15) is 32.1 Å². The van der Waals surface area contributed by atoms with E-state index in [-0.39, 0.29) is 6.42 Å². The van der Waals surface area contributed by atoms with Crippen molar-refractivity contribution in [3.8, 4) is 0 Å². The van der Waals surface area contributed by atoms with Crippen LogP contribution in [-0.4, -0.2) is 23.6 Å². The van der Waals surface area contributed by atoms with Gasteiger partial charge in [0.05, 0.1) is 6.10 Å². The fourth-order valence-electron chi connectivity index (χ4n) is 1.61. The molecule has 0 heterocycles. The summed E-state index contributed by atoms with van der Waals surface area (Å²) in [4.78, 5) is 0. The predicted molar refractivity (Wildman–Crippen MR) is 54.9 cm³/mol. The molecule has 7 heteroatoms. The molecule has 1 unspecified atom stereocenters. The van der Waals surface area contributed by atoms with E-state index in [2.05, 4.69) is 6.58 Å². The van der Waals surface area contributed by atoms with Gasteiger partial charge in [0.15, 0.2) is 5.92 Å². The van der Waals surface area contributed by atoms with Crippen LogP contribution in [0.5, 0.6) is 0 Å². The van der Waals surface area contributed by atoms with Gasteiger partial charge in [0.25, 0.3) is 0 Å². The molecule has 108 valence electrons. The van der Waals surface area contributed by atoms with E-state index in [1.807, 2.05) is 0 Å². The Labute approximate surface area is 101 Å². The lowest BCUT2D eigenvalue weighted by molar-refractivity contribution is -0.306. The molecule has 0 aromatic carbocycles. The highest BCUT2D eigenvalue weighted by Crippen LogP contribution is 2.42. The van der Waals surface area contributed by atoms with Crippen LogP contribution in [0.15, 0.2) is 12.7 Å². The normalized spacial score (nSPS) is 14.9. The maximum absolute atomic E-state index is 12.2. The highest BCUT2D eigenvalue weighted by atomic mass is 19.4. The number of hydrogen-bond donors (Lipinski definition) is 1. The van der Waals surface area contributed by atoms with Gasteiger partial charge in [0.1, 0.15) is 0 Å². The minimum absolute atomic E-state index is 0.123. The molecule has 0 saturated heterocycles. The molecule has 0 aliphatic heterocycles. The average molecular weight is 278 g/mol. The predicted octanol–water partition coefficient (Wildman–Crippen LogP) is 4.22. The van der Waals surface area contributed by atoms with Crippen LogP contribution in [0.25, 0.3) is 0 Å². The van der Waals surface area contributed by atoms with E-state index in [4.69, 9.17) is 5.11 Å². The molecule has 0 aliphatic carbocycles. The van der Waals surface area contributed by atoms with Gasteiger partial charge in [-0.25, -0.2) is 0 Å². The molecule has 0 aromatic rings. The lowest BCUT2D eigenvalue weighted by atomic mass is 9.96. The molecule has 0 aliphatic rings. The number of allylic oxidation sites excluding steroid dienone is 1. The Morgan fingerprint density at radius 3 is 1.83 bits per heavy atom. The molecule has 1 atom stereocenters. The van der Waals surface area contributed by atoms with Gasteiger partial charge in [-0.2, -0.15) is 26.3 Å². The first kappa shape index (κ1) is 17.3. The second-order valence-corrected chi connectivity index (χ2v) is 4.05. The van der Waals surface area contributed by atoms with Gasteiger partial charge in [0, 0.05) is 0 Å². The van der Waals surface area contributed by atoms with Crippen molar-refractivity contribution < 1.29 is 31.4 Å². The number of unbranched alkanes of at least 4 members (excludes halogenated alkanes) is 3. The van der Waals surface area contributed by atoms with Gasteiger partial charge >= 0.3 is 12.4 Å². The molecule has 0 radical (unpaired) electrons. The largest absolute Gasteiger partial charge is 0.403 e. The van der Waals surface area contributed by atoms with E-state index in [0.717, 1.165) is 0 Å². The summed E-state index contributed by atoms with van der Waals surface area (Å²) in [6.07, 6.45) is -10.4. The molecule has 0 rings (SSSR count). The Hall–Kier alpha value is -0.720.